The first-order chi connectivity index (χ1) is 41.6. The second-order valence-corrected chi connectivity index (χ2v) is 23.2. The molecular weight excluding hydrogens is 1170 g/mol. The van der Waals surface area contributed by atoms with E-state index in [9.17, 15) is 53.1 Å². The molecule has 27 heteroatoms. The Hall–Kier alpha value is -8.07. The Bertz CT molecular complexity index is 3020. The van der Waals surface area contributed by atoms with Crippen molar-refractivity contribution in [2.24, 2.45) is 11.7 Å². The Morgan fingerprint density at radius 1 is 0.989 bits per heavy atom. The van der Waals surface area contributed by atoms with Crippen molar-refractivity contribution in [2.75, 3.05) is 51.6 Å². The summed E-state index contributed by atoms with van der Waals surface area (Å²) in [4.78, 5) is 134. The van der Waals surface area contributed by atoms with E-state index in [0.29, 0.717) is 53.9 Å². The quantitative estimate of drug-likeness (QED) is 0.0193. The third kappa shape index (κ3) is 18.0. The number of likely N-dealkylation sites (tertiary alicyclic amines) is 1. The summed E-state index contributed by atoms with van der Waals surface area (Å²) in [6, 6.07) is 5.27. The number of likely N-dealkylation sites (N-methyl/N-ethyl adjacent to an activating group) is 1. The number of nitrogens with one attached hydrogen (secondary N) is 5. The van der Waals surface area contributed by atoms with Crippen molar-refractivity contribution < 1.29 is 81.5 Å². The number of halogens is 1. The molecule has 4 aliphatic heterocycles. The van der Waals surface area contributed by atoms with Crippen LogP contribution in [0.4, 0.5) is 25.8 Å². The van der Waals surface area contributed by atoms with Crippen molar-refractivity contribution in [3.63, 3.8) is 0 Å². The molecule has 3 fully saturated rings. The number of esters is 1. The Morgan fingerprint density at radius 3 is 2.33 bits per heavy atom. The first kappa shape index (κ1) is 69.0. The summed E-state index contributed by atoms with van der Waals surface area (Å²) < 4.78 is 35.0. The molecule has 4 aliphatic rings. The highest BCUT2D eigenvalue weighted by Crippen LogP contribution is 2.49. The summed E-state index contributed by atoms with van der Waals surface area (Å²) in [7, 11) is 5.70. The van der Waals surface area contributed by atoms with Crippen molar-refractivity contribution >= 4 is 82.6 Å². The minimum absolute atomic E-state index is 0.0446. The molecule has 88 heavy (non-hydrogen) atoms. The van der Waals surface area contributed by atoms with Gasteiger partial charge >= 0.3 is 24.2 Å². The zero-order valence-electron chi connectivity index (χ0n) is 51.2. The van der Waals surface area contributed by atoms with Crippen LogP contribution in [0.3, 0.4) is 0 Å². The number of allylic oxidation sites excluding steroid dienone is 3. The average Bonchev–Trinajstić information content (AvgIpc) is 1.80. The van der Waals surface area contributed by atoms with Crippen LogP contribution < -0.4 is 42.0 Å². The number of amides is 10. The number of anilines is 2. The molecule has 480 valence electrons. The highest BCUT2D eigenvalue weighted by atomic mass is 35.5. The number of rotatable bonds is 23. The van der Waals surface area contributed by atoms with Crippen molar-refractivity contribution in [3.05, 3.63) is 88.5 Å². The molecule has 0 aromatic heterocycles. The number of carbonyl (C=O) groups excluding carboxylic acids is 10. The molecular formula is C61H82ClN9O17. The summed E-state index contributed by atoms with van der Waals surface area (Å²) in [6.07, 6.45) is 1.32. The number of nitrogens with two attached hydrogens (primary N) is 1. The van der Waals surface area contributed by atoms with Crippen LogP contribution in [0.25, 0.3) is 0 Å². The Balaban J connectivity index is 1.09. The minimum Gasteiger partial charge on any atom is -0.495 e. The average molecular weight is 1250 g/mol. The largest absolute Gasteiger partial charge is 0.495 e. The highest BCUT2D eigenvalue weighted by molar-refractivity contribution is 6.35. The van der Waals surface area contributed by atoms with Crippen LogP contribution in [0.5, 0.6) is 5.75 Å². The van der Waals surface area contributed by atoms with Gasteiger partial charge in [0.25, 0.3) is 0 Å². The number of imide groups is 1. The normalized spacial score (nSPS) is 24.8. The summed E-state index contributed by atoms with van der Waals surface area (Å²) in [6.45, 7) is 12.2. The number of ether oxygens (including phenoxy) is 6. The molecule has 0 radical (unpaired) electrons. The molecule has 2 aromatic rings. The number of aliphatic hydroxyl groups is 1. The van der Waals surface area contributed by atoms with E-state index >= 15 is 0 Å². The van der Waals surface area contributed by atoms with Crippen LogP contribution in [0, 0.1) is 5.92 Å². The first-order valence-electron chi connectivity index (χ1n) is 29.1. The maximum Gasteiger partial charge on any atom is 0.410 e. The van der Waals surface area contributed by atoms with Crippen LogP contribution in [0.15, 0.2) is 72.4 Å². The van der Waals surface area contributed by atoms with Gasteiger partial charge in [-0.1, -0.05) is 67.5 Å². The SMILES string of the molecule is C=C(C)[C@H](NC(=O)CCCCCN1C(=O)CCC1=O)C(=O)N[C@@H](CCCNC(N)=O)C(=O)Nc1ccc(COC(=O)N(C)[C@@H](C)C(=O)OC2CC(=O)N(C)c3cc(cc(OC)c3Cl)C/C(C)=C/C=C/C(OC)C3(O)CC(OC(=O)N3)C(C)C3OC23C)cc1. The lowest BCUT2D eigenvalue weighted by Crippen LogP contribution is -2.63. The second kappa shape index (κ2) is 30.7. The molecule has 0 aliphatic carbocycles. The molecule has 3 saturated heterocycles. The lowest BCUT2D eigenvalue weighted by atomic mass is 9.83. The topological polar surface area (TPSA) is 346 Å². The van der Waals surface area contributed by atoms with Gasteiger partial charge < -0.3 is 65.4 Å². The number of hydrogen-bond acceptors (Lipinski definition) is 17. The predicted molar refractivity (Wildman–Crippen MR) is 321 cm³/mol. The summed E-state index contributed by atoms with van der Waals surface area (Å²) >= 11 is 6.83. The first-order valence-corrected chi connectivity index (χ1v) is 29.5. The fourth-order valence-corrected chi connectivity index (χ4v) is 10.9. The monoisotopic (exact) mass is 1250 g/mol. The van der Waals surface area contributed by atoms with Gasteiger partial charge in [-0.05, 0) is 101 Å². The molecule has 10 amide bonds. The zero-order chi connectivity index (χ0) is 64.8. The maximum absolute atomic E-state index is 14.4. The van der Waals surface area contributed by atoms with Crippen LogP contribution in [0.2, 0.25) is 5.02 Å². The van der Waals surface area contributed by atoms with E-state index in [-0.39, 0.29) is 75.1 Å². The summed E-state index contributed by atoms with van der Waals surface area (Å²) in [5, 5.41) is 25.1. The summed E-state index contributed by atoms with van der Waals surface area (Å²) in [5.41, 5.74) is 4.94. The van der Waals surface area contributed by atoms with Gasteiger partial charge in [-0.25, -0.2) is 19.2 Å². The number of primary amides is 1. The fourth-order valence-electron chi connectivity index (χ4n) is 10.6. The number of urea groups is 1. The molecule has 0 saturated carbocycles. The smallest absolute Gasteiger partial charge is 0.410 e. The number of hydrogen-bond donors (Lipinski definition) is 7. The van der Waals surface area contributed by atoms with Crippen LogP contribution in [-0.4, -0.2) is 170 Å². The van der Waals surface area contributed by atoms with Gasteiger partial charge in [-0.2, -0.15) is 0 Å². The van der Waals surface area contributed by atoms with Crippen molar-refractivity contribution in [3.8, 4) is 5.75 Å². The van der Waals surface area contributed by atoms with Crippen molar-refractivity contribution in [2.45, 2.75) is 166 Å². The number of benzene rings is 2. The van der Waals surface area contributed by atoms with E-state index in [1.165, 1.54) is 57.2 Å². The number of epoxide rings is 1. The van der Waals surface area contributed by atoms with E-state index in [1.807, 2.05) is 13.0 Å². The Labute approximate surface area is 516 Å². The van der Waals surface area contributed by atoms with E-state index < -0.39 is 114 Å². The van der Waals surface area contributed by atoms with E-state index in [1.54, 1.807) is 57.2 Å². The second-order valence-electron chi connectivity index (χ2n) is 22.8. The van der Waals surface area contributed by atoms with Gasteiger partial charge in [0.1, 0.15) is 59.4 Å². The molecule has 6 rings (SSSR count). The van der Waals surface area contributed by atoms with E-state index in [2.05, 4.69) is 33.2 Å². The standard InChI is InChI=1S/C61H82ClN9O17/c1-34(2)52(67-47(72)19-12-11-13-27-71-48(73)24-25-49(71)74)55(77)66-41(17-15-26-64-57(63)79)54(76)65-40-22-20-38(21-23-40)33-85-59(81)69(7)37(5)56(78)87-46-31-50(75)70(8)42-29-39(30-43(83-9)51(42)62)28-35(3)16-14-18-45(84-10)61(82)32-44(86-58(80)68-61)36(4)53-60(46,6)88-53/h14,16,18,20-23,29-30,36-37,41,44-46,52-53,82H,1,11-13,15,17,19,24-28,31-33H2,2-10H3,(H,65,76)(H,66,77)(H,67,72)(H,68,80)(H3,63,64,79)/b18-14+,35-16+/t36?,37-,41-,44?,45?,46?,52-,53?,60?,61?/m0/s1. The summed E-state index contributed by atoms with van der Waals surface area (Å²) in [5.74, 6) is -3.99. The third-order valence-corrected chi connectivity index (χ3v) is 16.5. The predicted octanol–water partition coefficient (Wildman–Crippen LogP) is 4.97. The van der Waals surface area contributed by atoms with Gasteiger partial charge in [0.15, 0.2) is 5.72 Å². The minimum atomic E-state index is -1.91. The number of alkyl carbamates (subject to hydrolysis) is 1. The highest BCUT2D eigenvalue weighted by Gasteiger charge is 2.64. The number of methoxy groups -OCH3 is 2. The lowest BCUT2D eigenvalue weighted by molar-refractivity contribution is -0.158. The Kier molecular flexibility index (Phi) is 24.1. The molecule has 4 heterocycles. The number of fused-ring (bicyclic) bond motifs is 5. The van der Waals surface area contributed by atoms with Gasteiger partial charge in [0.05, 0.1) is 25.3 Å². The van der Waals surface area contributed by atoms with Gasteiger partial charge in [-0.3, -0.25) is 43.9 Å². The number of unbranched alkanes of at least 4 members (excludes halogenated alkanes) is 2. The molecule has 26 nitrogen and oxygen atoms in total. The van der Waals surface area contributed by atoms with Crippen molar-refractivity contribution in [1.82, 2.24) is 31.1 Å². The lowest BCUT2D eigenvalue weighted by Gasteiger charge is -2.42. The number of carbonyl (C=O) groups is 10. The van der Waals surface area contributed by atoms with Gasteiger partial charge in [-0.15, -0.1) is 0 Å². The maximum atomic E-state index is 14.4. The van der Waals surface area contributed by atoms with E-state index in [4.69, 9.17) is 45.8 Å². The third-order valence-electron chi connectivity index (χ3n) is 16.1. The van der Waals surface area contributed by atoms with Crippen LogP contribution >= 0.6 is 11.6 Å². The van der Waals surface area contributed by atoms with Gasteiger partial charge in [0, 0.05) is 71.6 Å². The van der Waals surface area contributed by atoms with E-state index in [0.717, 1.165) is 16.0 Å². The molecule has 7 unspecified atom stereocenters. The Morgan fingerprint density at radius 2 is 1.68 bits per heavy atom. The molecule has 10 atom stereocenters. The van der Waals surface area contributed by atoms with Gasteiger partial charge in [0.2, 0.25) is 35.4 Å². The molecule has 4 bridgehead atoms. The molecule has 0 spiro atoms. The number of nitrogens with zero attached hydrogens (tertiary/aromatic N) is 3. The molecule has 2 aromatic carbocycles. The van der Waals surface area contributed by atoms with Crippen LogP contribution in [-0.2, 0) is 70.3 Å². The molecule has 8 N–H and O–H groups in total. The fraction of sp³-hybridized carbons (Fsp3) is 0.541. The van der Waals surface area contributed by atoms with Crippen LogP contribution in [0.1, 0.15) is 110 Å². The van der Waals surface area contributed by atoms with Crippen molar-refractivity contribution in [1.29, 1.82) is 0 Å². The zero-order valence-corrected chi connectivity index (χ0v) is 52.0.